The van der Waals surface area contributed by atoms with Crippen molar-refractivity contribution in [2.24, 2.45) is 0 Å². The third-order valence-corrected chi connectivity index (χ3v) is 11.7. The monoisotopic (exact) mass is 765 g/mol. The molecule has 2 nitrogen and oxygen atoms in total. The molecule has 0 atom stereocenters. The van der Waals surface area contributed by atoms with Crippen molar-refractivity contribution < 1.29 is 4.42 Å². The first-order chi connectivity index (χ1) is 29.8. The van der Waals surface area contributed by atoms with Crippen molar-refractivity contribution in [3.05, 3.63) is 237 Å². The quantitative estimate of drug-likeness (QED) is 0.153. The highest BCUT2D eigenvalue weighted by molar-refractivity contribution is 6.10. The van der Waals surface area contributed by atoms with E-state index in [1.54, 1.807) is 0 Å². The fraction of sp³-hybridized carbons (Fsp3) is 0. The predicted octanol–water partition coefficient (Wildman–Crippen LogP) is 16.5. The number of nitrogens with zero attached hydrogens (tertiary/aromatic N) is 1. The lowest BCUT2D eigenvalue weighted by Crippen LogP contribution is -2.10. The second-order valence-electron chi connectivity index (χ2n) is 15.2. The van der Waals surface area contributed by atoms with Crippen LogP contribution in [0.25, 0.3) is 88.3 Å². The molecule has 0 fully saturated rings. The maximum absolute atomic E-state index is 6.66. The zero-order chi connectivity index (χ0) is 39.8. The predicted molar refractivity (Wildman–Crippen MR) is 253 cm³/mol. The van der Waals surface area contributed by atoms with Gasteiger partial charge in [-0.1, -0.05) is 188 Å². The Balaban J connectivity index is 1.03. The molecule has 0 saturated carbocycles. The molecule has 1 heterocycles. The van der Waals surface area contributed by atoms with Gasteiger partial charge in [0.2, 0.25) is 0 Å². The summed E-state index contributed by atoms with van der Waals surface area (Å²) >= 11 is 0. The molecular weight excluding hydrogens is 727 g/mol. The lowest BCUT2D eigenvalue weighted by Gasteiger charge is -2.26. The van der Waals surface area contributed by atoms with Crippen molar-refractivity contribution in [1.29, 1.82) is 0 Å². The van der Waals surface area contributed by atoms with Gasteiger partial charge in [0, 0.05) is 22.1 Å². The summed E-state index contributed by atoms with van der Waals surface area (Å²) in [5, 5.41) is 4.68. The van der Waals surface area contributed by atoms with E-state index in [9.17, 15) is 0 Å². The topological polar surface area (TPSA) is 16.4 Å². The third-order valence-electron chi connectivity index (χ3n) is 11.7. The lowest BCUT2D eigenvalue weighted by molar-refractivity contribution is 0.669. The summed E-state index contributed by atoms with van der Waals surface area (Å²) in [6.07, 6.45) is 0. The van der Waals surface area contributed by atoms with Gasteiger partial charge < -0.3 is 9.32 Å². The summed E-state index contributed by atoms with van der Waals surface area (Å²) < 4.78 is 6.66. The van der Waals surface area contributed by atoms with Crippen LogP contribution in [0.3, 0.4) is 0 Å². The first kappa shape index (κ1) is 35.2. The van der Waals surface area contributed by atoms with Gasteiger partial charge >= 0.3 is 0 Å². The second kappa shape index (κ2) is 15.1. The van der Waals surface area contributed by atoms with Crippen LogP contribution < -0.4 is 4.90 Å². The minimum absolute atomic E-state index is 0.858. The lowest BCUT2D eigenvalue weighted by atomic mass is 9.89. The Morgan fingerprint density at radius 2 is 0.767 bits per heavy atom. The fourth-order valence-electron chi connectivity index (χ4n) is 8.82. The summed E-state index contributed by atoms with van der Waals surface area (Å²) in [4.78, 5) is 2.32. The van der Waals surface area contributed by atoms with E-state index >= 15 is 0 Å². The molecule has 0 saturated heterocycles. The van der Waals surface area contributed by atoms with Gasteiger partial charge in [0.15, 0.2) is 5.58 Å². The van der Waals surface area contributed by atoms with Crippen molar-refractivity contribution in [3.8, 4) is 55.6 Å². The van der Waals surface area contributed by atoms with Crippen molar-refractivity contribution in [2.45, 2.75) is 0 Å². The summed E-state index contributed by atoms with van der Waals surface area (Å²) in [5.74, 6) is 0. The van der Waals surface area contributed by atoms with E-state index in [1.807, 2.05) is 12.1 Å². The van der Waals surface area contributed by atoms with Crippen LogP contribution in [0, 0.1) is 0 Å². The highest BCUT2D eigenvalue weighted by Gasteiger charge is 2.20. The van der Waals surface area contributed by atoms with Crippen molar-refractivity contribution >= 4 is 49.8 Å². The van der Waals surface area contributed by atoms with E-state index < -0.39 is 0 Å². The SMILES string of the molecule is c1ccc(-c2ccccc2-c2ccccc2-c2ccc(N(c3ccc(-c4cc(-c5ccccc5)c5ccccc5c4)cc3)c3cccc4c3oc3ccccc34)cc2)cc1. The summed E-state index contributed by atoms with van der Waals surface area (Å²) in [7, 11) is 0. The standard InChI is InChI=1S/C58H39NO/c1-3-16-41(17-4-1)48-21-9-11-24-51(48)52-25-12-10-22-49(52)43-32-36-47(37-33-43)59(56-28-15-27-54-53-26-13-14-29-57(53)60-58(54)56)46-34-30-40(31-35-46)45-38-44-20-7-8-23-50(44)55(39-45)42-18-5-2-6-19-42/h1-39H. The van der Waals surface area contributed by atoms with Crippen LogP contribution in [0.4, 0.5) is 17.1 Å². The Hall–Kier alpha value is -7.94. The Kier molecular flexibility index (Phi) is 8.87. The van der Waals surface area contributed by atoms with Gasteiger partial charge in [-0.15, -0.1) is 0 Å². The van der Waals surface area contributed by atoms with Crippen LogP contribution in [0.1, 0.15) is 0 Å². The molecule has 0 bridgehead atoms. The number of anilines is 3. The van der Waals surface area contributed by atoms with Gasteiger partial charge in [0.05, 0.1) is 5.69 Å². The molecule has 2 heteroatoms. The smallest absolute Gasteiger partial charge is 0.159 e. The average molecular weight is 766 g/mol. The fourth-order valence-corrected chi connectivity index (χ4v) is 8.82. The Labute approximate surface area is 349 Å². The van der Waals surface area contributed by atoms with E-state index in [0.717, 1.165) is 50.1 Å². The number of benzene rings is 10. The van der Waals surface area contributed by atoms with E-state index in [1.165, 1.54) is 55.3 Å². The van der Waals surface area contributed by atoms with Crippen LogP contribution in [-0.4, -0.2) is 0 Å². The molecule has 1 aromatic heterocycles. The van der Waals surface area contributed by atoms with E-state index in [2.05, 4.69) is 229 Å². The summed E-state index contributed by atoms with van der Waals surface area (Å²) in [6, 6.07) is 84.7. The Bertz CT molecular complexity index is 3290. The normalized spacial score (nSPS) is 11.3. The molecule has 0 amide bonds. The van der Waals surface area contributed by atoms with Gasteiger partial charge in [-0.2, -0.15) is 0 Å². The van der Waals surface area contributed by atoms with Crippen LogP contribution in [0.15, 0.2) is 241 Å². The molecule has 0 unspecified atom stereocenters. The highest BCUT2D eigenvalue weighted by atomic mass is 16.3. The molecule has 282 valence electrons. The van der Waals surface area contributed by atoms with Gasteiger partial charge in [-0.3, -0.25) is 0 Å². The summed E-state index contributed by atoms with van der Waals surface area (Å²) in [6.45, 7) is 0. The molecule has 11 aromatic rings. The van der Waals surface area contributed by atoms with Gasteiger partial charge in [0.1, 0.15) is 5.58 Å². The summed E-state index contributed by atoms with van der Waals surface area (Å²) in [5.41, 5.74) is 16.8. The van der Waals surface area contributed by atoms with E-state index in [4.69, 9.17) is 4.42 Å². The van der Waals surface area contributed by atoms with Crippen LogP contribution >= 0.6 is 0 Å². The minimum Gasteiger partial charge on any atom is -0.454 e. The van der Waals surface area contributed by atoms with E-state index in [0.29, 0.717) is 0 Å². The van der Waals surface area contributed by atoms with Crippen molar-refractivity contribution in [2.75, 3.05) is 4.90 Å². The second-order valence-corrected chi connectivity index (χ2v) is 15.2. The number of rotatable bonds is 8. The number of fused-ring (bicyclic) bond motifs is 4. The molecule has 11 rings (SSSR count). The maximum Gasteiger partial charge on any atom is 0.159 e. The first-order valence-electron chi connectivity index (χ1n) is 20.5. The third kappa shape index (κ3) is 6.32. The zero-order valence-electron chi connectivity index (χ0n) is 32.9. The maximum atomic E-state index is 6.66. The first-order valence-corrected chi connectivity index (χ1v) is 20.5. The number of furan rings is 1. The molecule has 0 aliphatic carbocycles. The molecule has 0 spiro atoms. The minimum atomic E-state index is 0.858. The van der Waals surface area contributed by atoms with Gasteiger partial charge in [-0.05, 0) is 115 Å². The number of hydrogen-bond acceptors (Lipinski definition) is 2. The Morgan fingerprint density at radius 3 is 1.42 bits per heavy atom. The van der Waals surface area contributed by atoms with Crippen LogP contribution in [-0.2, 0) is 0 Å². The van der Waals surface area contributed by atoms with Crippen molar-refractivity contribution in [1.82, 2.24) is 0 Å². The average Bonchev–Trinajstić information content (AvgIpc) is 3.72. The molecular formula is C58H39NO. The van der Waals surface area contributed by atoms with Crippen LogP contribution in [0.5, 0.6) is 0 Å². The zero-order valence-corrected chi connectivity index (χ0v) is 32.9. The van der Waals surface area contributed by atoms with E-state index in [-0.39, 0.29) is 0 Å². The molecule has 60 heavy (non-hydrogen) atoms. The largest absolute Gasteiger partial charge is 0.454 e. The van der Waals surface area contributed by atoms with Crippen LogP contribution in [0.2, 0.25) is 0 Å². The van der Waals surface area contributed by atoms with Crippen molar-refractivity contribution in [3.63, 3.8) is 0 Å². The van der Waals surface area contributed by atoms with Gasteiger partial charge in [0.25, 0.3) is 0 Å². The molecule has 0 aliphatic rings. The highest BCUT2D eigenvalue weighted by Crippen LogP contribution is 2.44. The Morgan fingerprint density at radius 1 is 0.283 bits per heavy atom. The van der Waals surface area contributed by atoms with Gasteiger partial charge in [-0.25, -0.2) is 0 Å². The molecule has 0 N–H and O–H groups in total. The molecule has 10 aromatic carbocycles. The number of para-hydroxylation sites is 2. The molecule has 0 aliphatic heterocycles. The molecule has 0 radical (unpaired) electrons. The number of hydrogen-bond donors (Lipinski definition) is 0.